The molecule has 61 heavy (non-hydrogen) atoms. The number of aromatic nitrogens is 2. The number of nitrogens with zero attached hydrogens (tertiary/aromatic N) is 4. The first-order valence-electron chi connectivity index (χ1n) is 20.8. The van der Waals surface area contributed by atoms with E-state index in [9.17, 15) is 0 Å². The molecular weight excluding hydrogens is 928 g/mol. The summed E-state index contributed by atoms with van der Waals surface area (Å²) >= 11 is 0. The maximum atomic E-state index is 6.78. The van der Waals surface area contributed by atoms with Crippen LogP contribution < -0.4 is 14.5 Å². The quantitative estimate of drug-likeness (QED) is 0.142. The Balaban J connectivity index is 0.00000514. The number of hydrogen-bond donors (Lipinski definition) is 0. The molecule has 3 heterocycles. The van der Waals surface area contributed by atoms with Gasteiger partial charge >= 0.3 is 0 Å². The van der Waals surface area contributed by atoms with E-state index in [0.29, 0.717) is 11.5 Å². The number of ether oxygens (including phenoxy) is 1. The minimum absolute atomic E-state index is 0. The molecule has 5 nitrogen and oxygen atoms in total. The predicted molar refractivity (Wildman–Crippen MR) is 249 cm³/mol. The van der Waals surface area contributed by atoms with Crippen LogP contribution in [0.25, 0.3) is 38.8 Å². The van der Waals surface area contributed by atoms with Crippen LogP contribution in [0.3, 0.4) is 0 Å². The maximum Gasteiger partial charge on any atom is 0.135 e. The van der Waals surface area contributed by atoms with Crippen LogP contribution in [-0.2, 0) is 31.9 Å². The van der Waals surface area contributed by atoms with E-state index in [1.54, 1.807) is 0 Å². The third-order valence-electron chi connectivity index (χ3n) is 11.7. The van der Waals surface area contributed by atoms with Crippen molar-refractivity contribution in [2.75, 3.05) is 9.80 Å². The van der Waals surface area contributed by atoms with Crippen LogP contribution in [0, 0.1) is 24.2 Å². The summed E-state index contributed by atoms with van der Waals surface area (Å²) in [6.07, 6.45) is 4.13. The number of benzene rings is 6. The van der Waals surface area contributed by atoms with E-state index >= 15 is 0 Å². The molecule has 0 amide bonds. The Hall–Kier alpha value is -5.90. The van der Waals surface area contributed by atoms with Gasteiger partial charge < -0.3 is 19.1 Å². The average molecular weight is 979 g/mol. The zero-order valence-corrected chi connectivity index (χ0v) is 38.4. The molecule has 0 radical (unpaired) electrons. The van der Waals surface area contributed by atoms with E-state index in [1.165, 1.54) is 22.4 Å². The van der Waals surface area contributed by atoms with Gasteiger partial charge in [-0.05, 0) is 69.6 Å². The van der Waals surface area contributed by atoms with E-state index in [-0.39, 0.29) is 37.3 Å². The molecule has 0 fully saturated rings. The SMILES string of the molecule is CC(C)(C)C1=CN(c2[c-]c(Oc3[c-]c4c(cc3)c3ccccc3n4-c3cc(C(C)(C)C)ccn3)cc(-c3ccccc3)c2)[CH-]N1c1ccc(C(C)(C)c2ccccc2)cc1.[Pt]. The van der Waals surface area contributed by atoms with Gasteiger partial charge in [-0.2, -0.15) is 6.07 Å². The van der Waals surface area contributed by atoms with Gasteiger partial charge in [-0.1, -0.05) is 152 Å². The van der Waals surface area contributed by atoms with Crippen molar-refractivity contribution in [3.05, 3.63) is 199 Å². The third-order valence-corrected chi connectivity index (χ3v) is 11.7. The zero-order valence-electron chi connectivity index (χ0n) is 36.1. The van der Waals surface area contributed by atoms with Gasteiger partial charge in [0.15, 0.2) is 0 Å². The standard InChI is InChI=1S/C55H51N4O.Pt/c1-53(2,3)42-29-30-56-52(33-42)59-49-22-16-15-21-47(49)48-28-27-45(35-50(48)59)60-46-32-39(38-17-11-9-12-18-38)31-44(34-46)57-36-51(54(4,5)6)58(37-57)43-25-23-41(24-26-43)55(7,8)40-19-13-10-14-20-40;/h9-33,36-37H,1-8H3;/q-3;. The largest absolute Gasteiger partial charge is 0.509 e. The Morgan fingerprint density at radius 3 is 1.95 bits per heavy atom. The minimum Gasteiger partial charge on any atom is -0.509 e. The molecule has 6 aromatic carbocycles. The molecule has 8 aromatic rings. The third kappa shape index (κ3) is 8.17. The minimum atomic E-state index is -0.145. The van der Waals surface area contributed by atoms with Crippen molar-refractivity contribution in [3.8, 4) is 28.4 Å². The Kier molecular flexibility index (Phi) is 11.1. The molecule has 0 atom stereocenters. The van der Waals surface area contributed by atoms with Crippen LogP contribution in [0.4, 0.5) is 11.4 Å². The molecule has 0 spiro atoms. The molecule has 0 unspecified atom stereocenters. The fourth-order valence-electron chi connectivity index (χ4n) is 8.18. The van der Waals surface area contributed by atoms with Crippen molar-refractivity contribution in [2.24, 2.45) is 5.41 Å². The predicted octanol–water partition coefficient (Wildman–Crippen LogP) is 14.2. The van der Waals surface area contributed by atoms with Gasteiger partial charge in [-0.3, -0.25) is 0 Å². The zero-order chi connectivity index (χ0) is 41.8. The topological polar surface area (TPSA) is 33.5 Å². The summed E-state index contributed by atoms with van der Waals surface area (Å²) in [6.45, 7) is 20.2. The van der Waals surface area contributed by atoms with Gasteiger partial charge in [0, 0.05) is 66.5 Å². The molecular formula is C55H51N4OPt-3. The maximum absolute atomic E-state index is 6.78. The first-order chi connectivity index (χ1) is 28.7. The summed E-state index contributed by atoms with van der Waals surface area (Å²) in [7, 11) is 0. The van der Waals surface area contributed by atoms with E-state index < -0.39 is 0 Å². The van der Waals surface area contributed by atoms with Crippen molar-refractivity contribution in [2.45, 2.75) is 66.2 Å². The number of hydrogen-bond acceptors (Lipinski definition) is 4. The van der Waals surface area contributed by atoms with Crippen LogP contribution in [0.2, 0.25) is 0 Å². The van der Waals surface area contributed by atoms with Crippen molar-refractivity contribution in [1.82, 2.24) is 9.55 Å². The van der Waals surface area contributed by atoms with Gasteiger partial charge in [0.25, 0.3) is 0 Å². The van der Waals surface area contributed by atoms with Crippen molar-refractivity contribution in [3.63, 3.8) is 0 Å². The summed E-state index contributed by atoms with van der Waals surface area (Å²) in [6, 6.07) is 58.6. The van der Waals surface area contributed by atoms with E-state index in [0.717, 1.165) is 50.1 Å². The van der Waals surface area contributed by atoms with Gasteiger partial charge in [-0.25, -0.2) is 4.98 Å². The van der Waals surface area contributed by atoms with Crippen LogP contribution in [0.1, 0.15) is 72.1 Å². The second kappa shape index (κ2) is 16.2. The Morgan fingerprint density at radius 2 is 1.25 bits per heavy atom. The fourth-order valence-corrected chi connectivity index (χ4v) is 8.18. The summed E-state index contributed by atoms with van der Waals surface area (Å²) in [5.74, 6) is 2.05. The van der Waals surface area contributed by atoms with Crippen molar-refractivity contribution >= 4 is 33.2 Å². The number of fused-ring (bicyclic) bond motifs is 3. The molecule has 0 saturated heterocycles. The molecule has 6 heteroatoms. The van der Waals surface area contributed by atoms with Crippen molar-refractivity contribution < 1.29 is 25.8 Å². The van der Waals surface area contributed by atoms with Crippen molar-refractivity contribution in [1.29, 1.82) is 0 Å². The van der Waals surface area contributed by atoms with Gasteiger partial charge in [0.2, 0.25) is 0 Å². The molecule has 2 aromatic heterocycles. The molecule has 0 bridgehead atoms. The molecule has 1 aliphatic heterocycles. The fraction of sp³-hybridized carbons (Fsp3) is 0.200. The van der Waals surface area contributed by atoms with Crippen LogP contribution in [0.15, 0.2) is 164 Å². The summed E-state index contributed by atoms with van der Waals surface area (Å²) in [5, 5.41) is 2.23. The Labute approximate surface area is 375 Å². The van der Waals surface area contributed by atoms with Gasteiger partial charge in [0.05, 0.1) is 0 Å². The molecule has 0 aliphatic carbocycles. The Morgan fingerprint density at radius 1 is 0.574 bits per heavy atom. The monoisotopic (exact) mass is 978 g/mol. The summed E-state index contributed by atoms with van der Waals surface area (Å²) in [5.41, 5.74) is 10.7. The second-order valence-corrected chi connectivity index (χ2v) is 18.4. The van der Waals surface area contributed by atoms with E-state index in [1.807, 2.05) is 18.3 Å². The van der Waals surface area contributed by atoms with Crippen LogP contribution in [0.5, 0.6) is 11.5 Å². The Bertz CT molecular complexity index is 2860. The molecule has 1 aliphatic rings. The molecule has 0 saturated carbocycles. The molecule has 310 valence electrons. The van der Waals surface area contributed by atoms with E-state index in [4.69, 9.17) is 9.72 Å². The number of allylic oxidation sites excluding steroid dienone is 1. The van der Waals surface area contributed by atoms with Gasteiger partial charge in [0.1, 0.15) is 5.82 Å². The number of pyridine rings is 1. The molecule has 9 rings (SSSR count). The molecule has 0 N–H and O–H groups in total. The second-order valence-electron chi connectivity index (χ2n) is 18.4. The summed E-state index contributed by atoms with van der Waals surface area (Å²) in [4.78, 5) is 9.33. The first-order valence-corrected chi connectivity index (χ1v) is 20.8. The van der Waals surface area contributed by atoms with Crippen LogP contribution >= 0.6 is 0 Å². The number of rotatable bonds is 8. The van der Waals surface area contributed by atoms with Gasteiger partial charge in [-0.15, -0.1) is 53.6 Å². The average Bonchev–Trinajstić information content (AvgIpc) is 3.85. The normalized spacial score (nSPS) is 13.4. The number of anilines is 2. The van der Waals surface area contributed by atoms with Crippen LogP contribution in [-0.4, -0.2) is 9.55 Å². The van der Waals surface area contributed by atoms with E-state index in [2.05, 4.69) is 228 Å². The summed E-state index contributed by atoms with van der Waals surface area (Å²) < 4.78 is 8.98. The smallest absolute Gasteiger partial charge is 0.135 e. The first kappa shape index (κ1) is 41.8. The number of para-hydroxylation sites is 1.